The first-order valence-electron chi connectivity index (χ1n) is 3.33. The van der Waals surface area contributed by atoms with Crippen molar-refractivity contribution in [3.05, 3.63) is 34.9 Å². The molecule has 1 atom stereocenters. The van der Waals surface area contributed by atoms with Gasteiger partial charge in [0.2, 0.25) is 0 Å². The Bertz CT molecular complexity index is 225. The Morgan fingerprint density at radius 2 is 1.83 bits per heavy atom. The van der Waals surface area contributed by atoms with E-state index in [1.807, 2.05) is 0 Å². The van der Waals surface area contributed by atoms with E-state index < -0.39 is 6.17 Å². The number of halogens is 3. The maximum Gasteiger partial charge on any atom is 0.137 e. The standard InChI is InChI=1S/C8H9ClFN.ClH/c9-7-3-1-6(2-4-7)8(10)5-11;/h1-4,8H,5,11H2;1H. The van der Waals surface area contributed by atoms with Crippen LogP contribution in [0, 0.1) is 0 Å². The summed E-state index contributed by atoms with van der Waals surface area (Å²) in [5, 5.41) is 0.609. The highest BCUT2D eigenvalue weighted by Crippen LogP contribution is 2.17. The highest BCUT2D eigenvalue weighted by Gasteiger charge is 2.05. The number of benzene rings is 1. The number of nitrogens with two attached hydrogens (primary N) is 1. The molecule has 68 valence electrons. The Balaban J connectivity index is 0.00000121. The van der Waals surface area contributed by atoms with Gasteiger partial charge in [0.15, 0.2) is 0 Å². The van der Waals surface area contributed by atoms with Crippen molar-refractivity contribution in [2.75, 3.05) is 6.54 Å². The molecule has 0 saturated carbocycles. The summed E-state index contributed by atoms with van der Waals surface area (Å²) in [5.41, 5.74) is 5.71. The van der Waals surface area contributed by atoms with Gasteiger partial charge >= 0.3 is 0 Å². The summed E-state index contributed by atoms with van der Waals surface area (Å²) in [5.74, 6) is 0. The van der Waals surface area contributed by atoms with Crippen LogP contribution in [0.3, 0.4) is 0 Å². The summed E-state index contributed by atoms with van der Waals surface area (Å²) in [6.07, 6.45) is -1.08. The minimum absolute atomic E-state index is 0. The number of rotatable bonds is 2. The fraction of sp³-hybridized carbons (Fsp3) is 0.250. The number of hydrogen-bond donors (Lipinski definition) is 1. The molecule has 1 nitrogen and oxygen atoms in total. The predicted octanol–water partition coefficient (Wildman–Crippen LogP) is 2.73. The van der Waals surface area contributed by atoms with Crippen LogP contribution in [0.15, 0.2) is 24.3 Å². The van der Waals surface area contributed by atoms with E-state index in [1.165, 1.54) is 0 Å². The lowest BCUT2D eigenvalue weighted by Gasteiger charge is -2.03. The van der Waals surface area contributed by atoms with Gasteiger partial charge < -0.3 is 5.73 Å². The summed E-state index contributed by atoms with van der Waals surface area (Å²) in [7, 11) is 0. The van der Waals surface area contributed by atoms with Gasteiger partial charge in [-0.2, -0.15) is 0 Å². The lowest BCUT2D eigenvalue weighted by atomic mass is 10.1. The average molecular weight is 210 g/mol. The largest absolute Gasteiger partial charge is 0.327 e. The molecule has 0 amide bonds. The lowest BCUT2D eigenvalue weighted by molar-refractivity contribution is 0.353. The van der Waals surface area contributed by atoms with E-state index in [4.69, 9.17) is 17.3 Å². The SMILES string of the molecule is Cl.NCC(F)c1ccc(Cl)cc1. The Morgan fingerprint density at radius 3 is 2.25 bits per heavy atom. The van der Waals surface area contributed by atoms with Crippen LogP contribution in [-0.4, -0.2) is 6.54 Å². The fourth-order valence-corrected chi connectivity index (χ4v) is 0.934. The Morgan fingerprint density at radius 1 is 1.33 bits per heavy atom. The molecule has 0 bridgehead atoms. The van der Waals surface area contributed by atoms with Gasteiger partial charge in [-0.3, -0.25) is 0 Å². The average Bonchev–Trinajstić information content (AvgIpc) is 2.05. The molecule has 4 heteroatoms. The van der Waals surface area contributed by atoms with Crippen molar-refractivity contribution < 1.29 is 4.39 Å². The molecule has 0 aliphatic rings. The highest BCUT2D eigenvalue weighted by atomic mass is 35.5. The van der Waals surface area contributed by atoms with Crippen molar-refractivity contribution in [2.24, 2.45) is 5.73 Å². The van der Waals surface area contributed by atoms with Gasteiger partial charge in [-0.15, -0.1) is 12.4 Å². The minimum atomic E-state index is -1.08. The van der Waals surface area contributed by atoms with Crippen LogP contribution in [0.25, 0.3) is 0 Å². The predicted molar refractivity (Wildman–Crippen MR) is 51.6 cm³/mol. The summed E-state index contributed by atoms with van der Waals surface area (Å²) >= 11 is 5.61. The van der Waals surface area contributed by atoms with Crippen LogP contribution in [-0.2, 0) is 0 Å². The lowest BCUT2D eigenvalue weighted by Crippen LogP contribution is -2.07. The molecule has 1 aromatic carbocycles. The first-order chi connectivity index (χ1) is 5.24. The smallest absolute Gasteiger partial charge is 0.137 e. The van der Waals surface area contributed by atoms with E-state index in [0.29, 0.717) is 10.6 Å². The molecule has 0 spiro atoms. The third kappa shape index (κ3) is 2.97. The molecule has 2 N–H and O–H groups in total. The van der Waals surface area contributed by atoms with Crippen LogP contribution >= 0.6 is 24.0 Å². The fourth-order valence-electron chi connectivity index (χ4n) is 0.808. The molecule has 0 saturated heterocycles. The second kappa shape index (κ2) is 5.36. The quantitative estimate of drug-likeness (QED) is 0.797. The summed E-state index contributed by atoms with van der Waals surface area (Å²) < 4.78 is 12.8. The molecule has 0 heterocycles. The van der Waals surface area contributed by atoms with Gasteiger partial charge in [0.05, 0.1) is 0 Å². The Kier molecular flexibility index (Phi) is 5.22. The molecule has 0 aromatic heterocycles. The molecule has 0 aliphatic carbocycles. The minimum Gasteiger partial charge on any atom is -0.327 e. The molecule has 0 radical (unpaired) electrons. The molecular formula is C8H10Cl2FN. The van der Waals surface area contributed by atoms with E-state index in [-0.39, 0.29) is 19.0 Å². The zero-order valence-corrected chi connectivity index (χ0v) is 7.91. The van der Waals surface area contributed by atoms with Crippen LogP contribution < -0.4 is 5.73 Å². The van der Waals surface area contributed by atoms with Crippen LogP contribution in [0.5, 0.6) is 0 Å². The van der Waals surface area contributed by atoms with Crippen molar-refractivity contribution >= 4 is 24.0 Å². The molecule has 1 aromatic rings. The normalized spacial score (nSPS) is 11.9. The van der Waals surface area contributed by atoms with E-state index in [0.717, 1.165) is 0 Å². The van der Waals surface area contributed by atoms with Gasteiger partial charge in [-0.1, -0.05) is 23.7 Å². The highest BCUT2D eigenvalue weighted by molar-refractivity contribution is 6.30. The van der Waals surface area contributed by atoms with Gasteiger partial charge in [-0.25, -0.2) is 4.39 Å². The van der Waals surface area contributed by atoms with Crippen molar-refractivity contribution in [1.82, 2.24) is 0 Å². The van der Waals surface area contributed by atoms with Crippen molar-refractivity contribution in [2.45, 2.75) is 6.17 Å². The second-order valence-electron chi connectivity index (χ2n) is 2.25. The van der Waals surface area contributed by atoms with E-state index in [1.54, 1.807) is 24.3 Å². The second-order valence-corrected chi connectivity index (χ2v) is 2.69. The molecule has 1 rings (SSSR count). The van der Waals surface area contributed by atoms with Crippen LogP contribution in [0.4, 0.5) is 4.39 Å². The Hall–Kier alpha value is -0.310. The first-order valence-corrected chi connectivity index (χ1v) is 3.71. The summed E-state index contributed by atoms with van der Waals surface area (Å²) in [6, 6.07) is 6.58. The van der Waals surface area contributed by atoms with Gasteiger partial charge in [0.1, 0.15) is 6.17 Å². The number of hydrogen-bond acceptors (Lipinski definition) is 1. The van der Waals surface area contributed by atoms with Gasteiger partial charge in [-0.05, 0) is 17.7 Å². The molecular weight excluding hydrogens is 200 g/mol. The monoisotopic (exact) mass is 209 g/mol. The van der Waals surface area contributed by atoms with Gasteiger partial charge in [0, 0.05) is 11.6 Å². The molecule has 0 fully saturated rings. The zero-order chi connectivity index (χ0) is 8.27. The first kappa shape index (κ1) is 11.7. The van der Waals surface area contributed by atoms with E-state index >= 15 is 0 Å². The topological polar surface area (TPSA) is 26.0 Å². The van der Waals surface area contributed by atoms with Crippen molar-refractivity contribution in [3.63, 3.8) is 0 Å². The van der Waals surface area contributed by atoms with E-state index in [9.17, 15) is 4.39 Å². The van der Waals surface area contributed by atoms with Crippen LogP contribution in [0.1, 0.15) is 11.7 Å². The third-order valence-electron chi connectivity index (χ3n) is 1.44. The zero-order valence-electron chi connectivity index (χ0n) is 6.34. The van der Waals surface area contributed by atoms with Gasteiger partial charge in [0.25, 0.3) is 0 Å². The van der Waals surface area contributed by atoms with Crippen LogP contribution in [0.2, 0.25) is 5.02 Å². The van der Waals surface area contributed by atoms with E-state index in [2.05, 4.69) is 0 Å². The van der Waals surface area contributed by atoms with Crippen molar-refractivity contribution in [3.8, 4) is 0 Å². The Labute approximate surface area is 82.1 Å². The molecule has 12 heavy (non-hydrogen) atoms. The number of alkyl halides is 1. The maximum atomic E-state index is 12.8. The maximum absolute atomic E-state index is 12.8. The summed E-state index contributed by atoms with van der Waals surface area (Å²) in [6.45, 7) is 0.0155. The molecule has 1 unspecified atom stereocenters. The summed E-state index contributed by atoms with van der Waals surface area (Å²) in [4.78, 5) is 0. The van der Waals surface area contributed by atoms with Crippen molar-refractivity contribution in [1.29, 1.82) is 0 Å². The molecule has 0 aliphatic heterocycles. The third-order valence-corrected chi connectivity index (χ3v) is 1.69.